The maximum atomic E-state index is 12.0. The second kappa shape index (κ2) is 8.45. The lowest BCUT2D eigenvalue weighted by molar-refractivity contribution is -0.107. The molecule has 0 fully saturated rings. The molecule has 1 aliphatic heterocycles. The topological polar surface area (TPSA) is 41.9 Å². The van der Waals surface area contributed by atoms with Gasteiger partial charge in [0.05, 0.1) is 7.11 Å². The van der Waals surface area contributed by atoms with E-state index in [1.807, 2.05) is 18.2 Å². The van der Waals surface area contributed by atoms with Gasteiger partial charge in [-0.05, 0) is 49.6 Å². The van der Waals surface area contributed by atoms with Gasteiger partial charge in [-0.25, -0.2) is 4.99 Å². The summed E-state index contributed by atoms with van der Waals surface area (Å²) in [6.45, 7) is 8.19. The fourth-order valence-electron chi connectivity index (χ4n) is 2.33. The third-order valence-electron chi connectivity index (χ3n) is 3.51. The maximum Gasteiger partial charge on any atom is 0.244 e. The van der Waals surface area contributed by atoms with E-state index in [4.69, 9.17) is 4.74 Å². The second-order valence-electron chi connectivity index (χ2n) is 4.83. The Morgan fingerprint density at radius 1 is 1.30 bits per heavy atom. The Morgan fingerprint density at radius 2 is 2.04 bits per heavy atom. The lowest BCUT2D eigenvalue weighted by atomic mass is 10.1. The van der Waals surface area contributed by atoms with Crippen LogP contribution in [0.5, 0.6) is 5.75 Å². The number of thioether (sulfide) groups is 2. The Morgan fingerprint density at radius 3 is 2.65 bits per heavy atom. The van der Waals surface area contributed by atoms with Gasteiger partial charge in [-0.2, -0.15) is 0 Å². The van der Waals surface area contributed by atoms with Crippen molar-refractivity contribution in [1.82, 2.24) is 0 Å². The minimum absolute atomic E-state index is 0.00387. The average Bonchev–Trinajstić information content (AvgIpc) is 2.89. The van der Waals surface area contributed by atoms with Gasteiger partial charge in [0.25, 0.3) is 0 Å². The maximum absolute atomic E-state index is 12.0. The number of anilines is 1. The van der Waals surface area contributed by atoms with E-state index in [2.05, 4.69) is 36.7 Å². The average molecular weight is 351 g/mol. The fraction of sp³-hybridized carbons (Fsp3) is 0.412. The number of methoxy groups -OCH3 is 1. The number of hydrogen-bond acceptors (Lipinski definition) is 6. The SMILES string of the molecule is CCSC1=N/C(=C/c2ccc(N(CC)CC)cc2OC)C(=O)S1. The number of ether oxygens (including phenoxy) is 1. The Bertz CT molecular complexity index is 637. The summed E-state index contributed by atoms with van der Waals surface area (Å²) in [6, 6.07) is 6.05. The van der Waals surface area contributed by atoms with Gasteiger partial charge in [0.1, 0.15) is 15.8 Å². The van der Waals surface area contributed by atoms with Gasteiger partial charge >= 0.3 is 0 Å². The highest BCUT2D eigenvalue weighted by atomic mass is 32.2. The zero-order valence-corrected chi connectivity index (χ0v) is 15.6. The van der Waals surface area contributed by atoms with E-state index in [-0.39, 0.29) is 5.12 Å². The first-order chi connectivity index (χ1) is 11.1. The number of carbonyl (C=O) groups is 1. The molecule has 0 N–H and O–H groups in total. The zero-order valence-electron chi connectivity index (χ0n) is 14.0. The van der Waals surface area contributed by atoms with E-state index in [9.17, 15) is 4.79 Å². The molecule has 6 heteroatoms. The van der Waals surface area contributed by atoms with Crippen LogP contribution in [0.3, 0.4) is 0 Å². The lowest BCUT2D eigenvalue weighted by Crippen LogP contribution is -2.21. The number of hydrogen-bond donors (Lipinski definition) is 0. The number of nitrogens with zero attached hydrogens (tertiary/aromatic N) is 2. The first-order valence-electron chi connectivity index (χ1n) is 7.71. The molecular weight excluding hydrogens is 328 g/mol. The first-order valence-corrected chi connectivity index (χ1v) is 9.51. The third-order valence-corrected chi connectivity index (χ3v) is 5.40. The molecule has 0 saturated carbocycles. The van der Waals surface area contributed by atoms with Crippen LogP contribution < -0.4 is 9.64 Å². The van der Waals surface area contributed by atoms with Crippen molar-refractivity contribution in [1.29, 1.82) is 0 Å². The molecule has 1 aromatic rings. The van der Waals surface area contributed by atoms with Gasteiger partial charge in [-0.1, -0.05) is 18.7 Å². The number of rotatable bonds is 6. The van der Waals surface area contributed by atoms with E-state index in [1.165, 1.54) is 11.8 Å². The van der Waals surface area contributed by atoms with E-state index < -0.39 is 0 Å². The van der Waals surface area contributed by atoms with Crippen molar-refractivity contribution in [2.75, 3.05) is 30.9 Å². The number of aliphatic imine (C=N–C) groups is 1. The van der Waals surface area contributed by atoms with Gasteiger partial charge in [0.2, 0.25) is 5.12 Å². The summed E-state index contributed by atoms with van der Waals surface area (Å²) in [7, 11) is 1.65. The van der Waals surface area contributed by atoms with E-state index >= 15 is 0 Å². The molecule has 0 aromatic heterocycles. The van der Waals surface area contributed by atoms with Crippen LogP contribution in [-0.2, 0) is 4.79 Å². The normalized spacial score (nSPS) is 15.9. The van der Waals surface area contributed by atoms with Crippen LogP contribution in [0.15, 0.2) is 28.9 Å². The largest absolute Gasteiger partial charge is 0.496 e. The van der Waals surface area contributed by atoms with Crippen LogP contribution >= 0.6 is 23.5 Å². The summed E-state index contributed by atoms with van der Waals surface area (Å²) in [5, 5.41) is -0.00387. The van der Waals surface area contributed by atoms with Crippen LogP contribution in [0.1, 0.15) is 26.3 Å². The molecule has 1 aromatic carbocycles. The predicted molar refractivity (Wildman–Crippen MR) is 103 cm³/mol. The standard InChI is InChI=1S/C17H22N2O2S2/c1-5-19(6-2)13-9-8-12(15(11-13)21-4)10-14-16(20)23-17(18-14)22-7-3/h8-11H,5-7H2,1-4H3/b14-10+. The summed E-state index contributed by atoms with van der Waals surface area (Å²) in [5.74, 6) is 1.67. The Balaban J connectivity index is 2.33. The van der Waals surface area contributed by atoms with Crippen LogP contribution in [0.4, 0.5) is 5.69 Å². The minimum Gasteiger partial charge on any atom is -0.496 e. The lowest BCUT2D eigenvalue weighted by Gasteiger charge is -2.22. The van der Waals surface area contributed by atoms with Crippen LogP contribution in [0.2, 0.25) is 0 Å². The van der Waals surface area contributed by atoms with Crippen molar-refractivity contribution in [2.24, 2.45) is 4.99 Å². The Kier molecular flexibility index (Phi) is 6.59. The van der Waals surface area contributed by atoms with Gasteiger partial charge < -0.3 is 9.64 Å². The molecule has 2 rings (SSSR count). The van der Waals surface area contributed by atoms with E-state index in [0.29, 0.717) is 5.70 Å². The van der Waals surface area contributed by atoms with Crippen molar-refractivity contribution < 1.29 is 9.53 Å². The molecule has 0 bridgehead atoms. The van der Waals surface area contributed by atoms with Gasteiger partial charge in [0, 0.05) is 30.4 Å². The van der Waals surface area contributed by atoms with Gasteiger partial charge in [-0.15, -0.1) is 0 Å². The number of carbonyl (C=O) groups excluding carboxylic acids is 1. The molecule has 4 nitrogen and oxygen atoms in total. The van der Waals surface area contributed by atoms with E-state index in [0.717, 1.165) is 40.2 Å². The van der Waals surface area contributed by atoms with Crippen molar-refractivity contribution in [2.45, 2.75) is 20.8 Å². The molecule has 0 amide bonds. The molecule has 124 valence electrons. The Labute approximate surface area is 146 Å². The van der Waals surface area contributed by atoms with Crippen molar-refractivity contribution >= 4 is 44.8 Å². The summed E-state index contributed by atoms with van der Waals surface area (Å²) in [6.07, 6.45) is 1.81. The quantitative estimate of drug-likeness (QED) is 0.717. The van der Waals surface area contributed by atoms with Crippen molar-refractivity contribution in [3.8, 4) is 5.75 Å². The smallest absolute Gasteiger partial charge is 0.244 e. The summed E-state index contributed by atoms with van der Waals surface area (Å²) >= 11 is 2.80. The number of benzene rings is 1. The molecule has 0 atom stereocenters. The molecule has 0 spiro atoms. The molecular formula is C17H22N2O2S2. The molecule has 1 heterocycles. The van der Waals surface area contributed by atoms with Crippen LogP contribution in [-0.4, -0.2) is 35.4 Å². The van der Waals surface area contributed by atoms with Crippen molar-refractivity contribution in [3.63, 3.8) is 0 Å². The molecule has 23 heavy (non-hydrogen) atoms. The van der Waals surface area contributed by atoms with Gasteiger partial charge in [-0.3, -0.25) is 4.79 Å². The van der Waals surface area contributed by atoms with E-state index in [1.54, 1.807) is 18.9 Å². The first kappa shape index (κ1) is 17.9. The Hall–Kier alpha value is -1.40. The highest BCUT2D eigenvalue weighted by molar-refractivity contribution is 8.45. The highest BCUT2D eigenvalue weighted by Gasteiger charge is 2.22. The fourth-order valence-corrected chi connectivity index (χ4v) is 4.06. The van der Waals surface area contributed by atoms with Crippen LogP contribution in [0.25, 0.3) is 6.08 Å². The molecule has 0 radical (unpaired) electrons. The van der Waals surface area contributed by atoms with Crippen molar-refractivity contribution in [3.05, 3.63) is 29.5 Å². The summed E-state index contributed by atoms with van der Waals surface area (Å²) < 4.78 is 6.32. The van der Waals surface area contributed by atoms with Crippen LogP contribution in [0, 0.1) is 0 Å². The second-order valence-corrected chi connectivity index (χ2v) is 7.30. The minimum atomic E-state index is -0.00387. The summed E-state index contributed by atoms with van der Waals surface area (Å²) in [5.41, 5.74) is 2.48. The molecule has 0 saturated heterocycles. The molecule has 1 aliphatic rings. The zero-order chi connectivity index (χ0) is 16.8. The predicted octanol–water partition coefficient (Wildman–Crippen LogP) is 4.26. The highest BCUT2D eigenvalue weighted by Crippen LogP contribution is 2.33. The molecule has 0 unspecified atom stereocenters. The van der Waals surface area contributed by atoms with Gasteiger partial charge in [0.15, 0.2) is 0 Å². The summed E-state index contributed by atoms with van der Waals surface area (Å²) in [4.78, 5) is 18.7. The third kappa shape index (κ3) is 4.32. The monoisotopic (exact) mass is 350 g/mol. The molecule has 0 aliphatic carbocycles.